The van der Waals surface area contributed by atoms with E-state index in [1.54, 1.807) is 0 Å². The Morgan fingerprint density at radius 2 is 2.04 bits per heavy atom. The number of hydrogen-bond donors (Lipinski definition) is 2. The SMILES string of the molecule is O=C1Nc2ccc(Cc3cc(Cl)nn3C3CCNCC3)c3cccc1c23. The van der Waals surface area contributed by atoms with Crippen molar-refractivity contribution in [1.82, 2.24) is 15.1 Å². The Kier molecular flexibility index (Phi) is 3.72. The summed E-state index contributed by atoms with van der Waals surface area (Å²) in [6.07, 6.45) is 2.87. The number of hydrogen-bond acceptors (Lipinski definition) is 3. The molecule has 2 N–H and O–H groups in total. The molecule has 0 bridgehead atoms. The van der Waals surface area contributed by atoms with Gasteiger partial charge in [0.1, 0.15) is 0 Å². The molecule has 5 rings (SSSR count). The summed E-state index contributed by atoms with van der Waals surface area (Å²) in [5, 5.41) is 13.6. The van der Waals surface area contributed by atoms with E-state index in [1.165, 1.54) is 5.56 Å². The number of halogens is 1. The highest BCUT2D eigenvalue weighted by molar-refractivity contribution is 6.29. The third-order valence-corrected chi connectivity index (χ3v) is 5.62. The zero-order valence-electron chi connectivity index (χ0n) is 14.3. The van der Waals surface area contributed by atoms with E-state index in [2.05, 4.69) is 32.5 Å². The van der Waals surface area contributed by atoms with E-state index in [9.17, 15) is 4.79 Å². The van der Waals surface area contributed by atoms with Crippen molar-refractivity contribution in [2.45, 2.75) is 25.3 Å². The molecule has 26 heavy (non-hydrogen) atoms. The number of aromatic nitrogens is 2. The lowest BCUT2D eigenvalue weighted by molar-refractivity contribution is 0.103. The van der Waals surface area contributed by atoms with Crippen LogP contribution in [0.5, 0.6) is 0 Å². The second-order valence-electron chi connectivity index (χ2n) is 7.02. The van der Waals surface area contributed by atoms with Crippen molar-refractivity contribution in [1.29, 1.82) is 0 Å². The van der Waals surface area contributed by atoms with Gasteiger partial charge in [-0.05, 0) is 55.1 Å². The topological polar surface area (TPSA) is 59.0 Å². The molecule has 0 spiro atoms. The number of carbonyl (C=O) groups is 1. The fourth-order valence-corrected chi connectivity index (χ4v) is 4.41. The van der Waals surface area contributed by atoms with Gasteiger partial charge in [0.15, 0.2) is 5.15 Å². The zero-order valence-corrected chi connectivity index (χ0v) is 15.0. The first-order valence-corrected chi connectivity index (χ1v) is 9.39. The van der Waals surface area contributed by atoms with Gasteiger partial charge in [0.2, 0.25) is 0 Å². The van der Waals surface area contributed by atoms with E-state index in [0.29, 0.717) is 11.2 Å². The average Bonchev–Trinajstić information content (AvgIpc) is 3.19. The van der Waals surface area contributed by atoms with Gasteiger partial charge in [0, 0.05) is 28.8 Å². The highest BCUT2D eigenvalue weighted by atomic mass is 35.5. The highest BCUT2D eigenvalue weighted by Gasteiger charge is 2.24. The highest BCUT2D eigenvalue weighted by Crippen LogP contribution is 2.36. The maximum absolute atomic E-state index is 12.1. The van der Waals surface area contributed by atoms with Gasteiger partial charge in [-0.3, -0.25) is 9.48 Å². The molecule has 0 atom stereocenters. The van der Waals surface area contributed by atoms with Crippen LogP contribution in [0.15, 0.2) is 36.4 Å². The van der Waals surface area contributed by atoms with Gasteiger partial charge in [0.25, 0.3) is 5.91 Å². The largest absolute Gasteiger partial charge is 0.321 e. The van der Waals surface area contributed by atoms with E-state index in [4.69, 9.17) is 11.6 Å². The number of piperidine rings is 1. The van der Waals surface area contributed by atoms with Crippen LogP contribution in [0.4, 0.5) is 5.69 Å². The third-order valence-electron chi connectivity index (χ3n) is 5.43. The monoisotopic (exact) mass is 366 g/mol. The van der Waals surface area contributed by atoms with E-state index < -0.39 is 0 Å². The Hall–Kier alpha value is -2.37. The molecule has 0 unspecified atom stereocenters. The molecule has 2 aromatic carbocycles. The molecule has 1 fully saturated rings. The van der Waals surface area contributed by atoms with Crippen LogP contribution < -0.4 is 10.6 Å². The van der Waals surface area contributed by atoms with Crippen LogP contribution in [0.1, 0.15) is 40.5 Å². The molecule has 0 radical (unpaired) electrons. The Labute approximate surface area is 156 Å². The summed E-state index contributed by atoms with van der Waals surface area (Å²) in [7, 11) is 0. The normalized spacial score (nSPS) is 17.0. The summed E-state index contributed by atoms with van der Waals surface area (Å²) in [4.78, 5) is 12.1. The summed E-state index contributed by atoms with van der Waals surface area (Å²) in [6, 6.07) is 12.4. The molecule has 6 heteroatoms. The molecule has 132 valence electrons. The van der Waals surface area contributed by atoms with Gasteiger partial charge in [0.05, 0.1) is 6.04 Å². The molecule has 1 saturated heterocycles. The molecule has 0 saturated carbocycles. The maximum Gasteiger partial charge on any atom is 0.256 e. The van der Waals surface area contributed by atoms with Crippen LogP contribution in [-0.4, -0.2) is 28.8 Å². The molecule has 1 amide bonds. The van der Waals surface area contributed by atoms with Gasteiger partial charge >= 0.3 is 0 Å². The van der Waals surface area contributed by atoms with Gasteiger partial charge in [-0.2, -0.15) is 5.10 Å². The smallest absolute Gasteiger partial charge is 0.256 e. The lowest BCUT2D eigenvalue weighted by atomic mass is 9.97. The lowest BCUT2D eigenvalue weighted by Gasteiger charge is -2.25. The van der Waals surface area contributed by atoms with Crippen molar-refractivity contribution >= 4 is 34.0 Å². The van der Waals surface area contributed by atoms with Crippen molar-refractivity contribution < 1.29 is 4.79 Å². The predicted molar refractivity (Wildman–Crippen MR) is 103 cm³/mol. The standard InChI is InChI=1S/C20H19ClN4O/c21-18-11-14(25(24-18)13-6-8-22-9-7-13)10-12-4-5-17-19-15(12)2-1-3-16(19)20(26)23-17/h1-5,11,13,22H,6-10H2,(H,23,26). The Morgan fingerprint density at radius 3 is 2.88 bits per heavy atom. The number of nitrogens with zero attached hydrogens (tertiary/aromatic N) is 2. The number of nitrogens with one attached hydrogen (secondary N) is 2. The first-order valence-electron chi connectivity index (χ1n) is 9.01. The van der Waals surface area contributed by atoms with Crippen LogP contribution in [0, 0.1) is 0 Å². The minimum absolute atomic E-state index is 0.0226. The second kappa shape index (κ2) is 6.11. The van der Waals surface area contributed by atoms with E-state index >= 15 is 0 Å². The predicted octanol–water partition coefficient (Wildman–Crippen LogP) is 3.77. The molecule has 2 aliphatic heterocycles. The number of anilines is 1. The molecule has 2 aliphatic rings. The van der Waals surface area contributed by atoms with Crippen LogP contribution in [0.3, 0.4) is 0 Å². The second-order valence-corrected chi connectivity index (χ2v) is 7.40. The molecule has 3 aromatic rings. The van der Waals surface area contributed by atoms with Crippen molar-refractivity contribution in [2.24, 2.45) is 0 Å². The van der Waals surface area contributed by atoms with Crippen LogP contribution in [-0.2, 0) is 6.42 Å². The quantitative estimate of drug-likeness (QED) is 0.741. The van der Waals surface area contributed by atoms with Gasteiger partial charge in [-0.25, -0.2) is 0 Å². The minimum atomic E-state index is -0.0226. The van der Waals surface area contributed by atoms with Gasteiger partial charge < -0.3 is 10.6 Å². The van der Waals surface area contributed by atoms with Gasteiger partial charge in [-0.1, -0.05) is 29.8 Å². The molecule has 1 aromatic heterocycles. The first-order chi connectivity index (χ1) is 12.7. The third kappa shape index (κ3) is 2.50. The summed E-state index contributed by atoms with van der Waals surface area (Å²) in [6.45, 7) is 2.02. The maximum atomic E-state index is 12.1. The number of carbonyl (C=O) groups excluding carboxylic acids is 1. The summed E-state index contributed by atoms with van der Waals surface area (Å²) >= 11 is 6.25. The Balaban J connectivity index is 1.57. The van der Waals surface area contributed by atoms with Crippen molar-refractivity contribution in [3.63, 3.8) is 0 Å². The lowest BCUT2D eigenvalue weighted by Crippen LogP contribution is -2.30. The number of benzene rings is 2. The fourth-order valence-electron chi connectivity index (χ4n) is 4.20. The van der Waals surface area contributed by atoms with Gasteiger partial charge in [-0.15, -0.1) is 0 Å². The van der Waals surface area contributed by atoms with E-state index in [1.807, 2.05) is 24.3 Å². The summed E-state index contributed by atoms with van der Waals surface area (Å²) in [5.41, 5.74) is 3.97. The van der Waals surface area contributed by atoms with Crippen molar-refractivity contribution in [3.05, 3.63) is 58.4 Å². The summed E-state index contributed by atoms with van der Waals surface area (Å²) in [5.74, 6) is -0.0226. The number of amides is 1. The van der Waals surface area contributed by atoms with Crippen LogP contribution >= 0.6 is 11.6 Å². The van der Waals surface area contributed by atoms with Crippen LogP contribution in [0.2, 0.25) is 5.15 Å². The molecular weight excluding hydrogens is 348 g/mol. The van der Waals surface area contributed by atoms with E-state index in [0.717, 1.165) is 60.1 Å². The Morgan fingerprint density at radius 1 is 1.19 bits per heavy atom. The molecular formula is C20H19ClN4O. The van der Waals surface area contributed by atoms with E-state index in [-0.39, 0.29) is 5.91 Å². The average molecular weight is 367 g/mol. The molecule has 0 aliphatic carbocycles. The minimum Gasteiger partial charge on any atom is -0.321 e. The van der Waals surface area contributed by atoms with Crippen LogP contribution in [0.25, 0.3) is 10.8 Å². The fraction of sp³-hybridized carbons (Fsp3) is 0.300. The number of rotatable bonds is 3. The molecule has 5 nitrogen and oxygen atoms in total. The first kappa shape index (κ1) is 15.9. The molecule has 3 heterocycles. The summed E-state index contributed by atoms with van der Waals surface area (Å²) < 4.78 is 2.11. The zero-order chi connectivity index (χ0) is 17.7. The Bertz CT molecular complexity index is 1020. The van der Waals surface area contributed by atoms with Crippen molar-refractivity contribution in [2.75, 3.05) is 18.4 Å². The van der Waals surface area contributed by atoms with Crippen molar-refractivity contribution in [3.8, 4) is 0 Å².